The molecule has 1 amide bonds. The number of rotatable bonds is 7. The summed E-state index contributed by atoms with van der Waals surface area (Å²) in [7, 11) is 0. The van der Waals surface area contributed by atoms with Gasteiger partial charge in [0.25, 0.3) is 11.6 Å². The maximum absolute atomic E-state index is 12.7. The monoisotopic (exact) mass is 425 g/mol. The summed E-state index contributed by atoms with van der Waals surface area (Å²) in [6.45, 7) is 5.62. The number of nitrogens with zero attached hydrogens (tertiary/aromatic N) is 4. The summed E-state index contributed by atoms with van der Waals surface area (Å²) in [6, 6.07) is 9.34. The predicted molar refractivity (Wildman–Crippen MR) is 112 cm³/mol. The number of nitro groups is 2. The van der Waals surface area contributed by atoms with Crippen LogP contribution in [0.5, 0.6) is 11.5 Å². The third-order valence-electron chi connectivity index (χ3n) is 4.46. The molecule has 3 rings (SSSR count). The number of aryl methyl sites for hydroxylation is 3. The van der Waals surface area contributed by atoms with Crippen molar-refractivity contribution in [2.75, 3.05) is 5.32 Å². The topological polar surface area (TPSA) is 142 Å². The third kappa shape index (κ3) is 4.66. The normalized spacial score (nSPS) is 10.5. The van der Waals surface area contributed by atoms with Crippen LogP contribution in [0.3, 0.4) is 0 Å². The fourth-order valence-electron chi connectivity index (χ4n) is 2.94. The molecule has 0 aliphatic heterocycles. The Morgan fingerprint density at radius 2 is 1.87 bits per heavy atom. The van der Waals surface area contributed by atoms with Gasteiger partial charge in [-0.05, 0) is 38.0 Å². The van der Waals surface area contributed by atoms with Crippen LogP contribution in [0, 0.1) is 34.1 Å². The van der Waals surface area contributed by atoms with E-state index in [0.29, 0.717) is 5.75 Å². The van der Waals surface area contributed by atoms with E-state index >= 15 is 0 Å². The maximum atomic E-state index is 12.7. The van der Waals surface area contributed by atoms with Crippen LogP contribution in [-0.2, 0) is 6.54 Å². The third-order valence-corrected chi connectivity index (χ3v) is 4.46. The fraction of sp³-hybridized carbons (Fsp3) is 0.200. The summed E-state index contributed by atoms with van der Waals surface area (Å²) < 4.78 is 7.00. The number of hydrogen-bond donors (Lipinski definition) is 1. The summed E-state index contributed by atoms with van der Waals surface area (Å²) in [4.78, 5) is 34.0. The number of nitro benzene ring substituents is 1. The smallest absolute Gasteiger partial charge is 0.320 e. The van der Waals surface area contributed by atoms with Crippen LogP contribution < -0.4 is 10.1 Å². The van der Waals surface area contributed by atoms with Gasteiger partial charge < -0.3 is 10.1 Å². The number of hydrogen-bond acceptors (Lipinski definition) is 7. The lowest BCUT2D eigenvalue weighted by molar-refractivity contribution is -0.385. The van der Waals surface area contributed by atoms with Crippen LogP contribution >= 0.6 is 0 Å². The molecule has 1 N–H and O–H groups in total. The Kier molecular flexibility index (Phi) is 5.95. The molecule has 11 nitrogen and oxygen atoms in total. The SMILES string of the molecule is CCn1ncc([N+](=O)[O-])c1C(=O)Nc1cc(Oc2cc(C)ccc2C)cc([N+](=O)[O-])c1. The summed E-state index contributed by atoms with van der Waals surface area (Å²) in [6.07, 6.45) is 0.987. The van der Waals surface area contributed by atoms with E-state index in [9.17, 15) is 25.0 Å². The zero-order valence-electron chi connectivity index (χ0n) is 17.0. The van der Waals surface area contributed by atoms with Crippen molar-refractivity contribution >= 4 is 23.0 Å². The molecular formula is C20H19N5O6. The molecule has 0 aliphatic rings. The quantitative estimate of drug-likeness (QED) is 0.437. The first kappa shape index (κ1) is 21.4. The van der Waals surface area contributed by atoms with Crippen molar-refractivity contribution in [3.05, 3.63) is 79.6 Å². The number of ether oxygens (including phenoxy) is 1. The predicted octanol–water partition coefficient (Wildman–Crippen LogP) is 4.38. The Balaban J connectivity index is 1.97. The Hall–Kier alpha value is -4.28. The molecule has 0 unspecified atom stereocenters. The highest BCUT2D eigenvalue weighted by Gasteiger charge is 2.27. The minimum absolute atomic E-state index is 0.0534. The van der Waals surface area contributed by atoms with Crippen LogP contribution in [0.25, 0.3) is 0 Å². The molecule has 0 bridgehead atoms. The van der Waals surface area contributed by atoms with E-state index in [1.54, 1.807) is 13.0 Å². The van der Waals surface area contributed by atoms with Crippen LogP contribution in [0.2, 0.25) is 0 Å². The molecule has 0 radical (unpaired) electrons. The van der Waals surface area contributed by atoms with Crippen molar-refractivity contribution in [1.29, 1.82) is 0 Å². The van der Waals surface area contributed by atoms with E-state index < -0.39 is 21.4 Å². The van der Waals surface area contributed by atoms with Gasteiger partial charge in [-0.1, -0.05) is 12.1 Å². The van der Waals surface area contributed by atoms with E-state index in [1.807, 2.05) is 26.0 Å². The molecule has 1 aromatic heterocycles. The molecule has 31 heavy (non-hydrogen) atoms. The first-order valence-corrected chi connectivity index (χ1v) is 9.25. The summed E-state index contributed by atoms with van der Waals surface area (Å²) >= 11 is 0. The Labute approximate surface area is 176 Å². The van der Waals surface area contributed by atoms with E-state index in [-0.39, 0.29) is 29.4 Å². The van der Waals surface area contributed by atoms with Gasteiger partial charge in [-0.2, -0.15) is 5.10 Å². The Morgan fingerprint density at radius 3 is 2.52 bits per heavy atom. The minimum atomic E-state index is -0.816. The van der Waals surface area contributed by atoms with Gasteiger partial charge in [0, 0.05) is 18.7 Å². The van der Waals surface area contributed by atoms with E-state index in [2.05, 4.69) is 10.4 Å². The maximum Gasteiger partial charge on any atom is 0.320 e. The van der Waals surface area contributed by atoms with Crippen LogP contribution in [-0.4, -0.2) is 25.5 Å². The van der Waals surface area contributed by atoms with E-state index in [1.165, 1.54) is 16.8 Å². The number of benzene rings is 2. The van der Waals surface area contributed by atoms with Gasteiger partial charge in [-0.3, -0.25) is 29.7 Å². The van der Waals surface area contributed by atoms with E-state index in [0.717, 1.165) is 23.4 Å². The lowest BCUT2D eigenvalue weighted by Gasteiger charge is -2.12. The van der Waals surface area contributed by atoms with Gasteiger partial charge in [-0.15, -0.1) is 0 Å². The highest BCUT2D eigenvalue weighted by Crippen LogP contribution is 2.32. The van der Waals surface area contributed by atoms with Gasteiger partial charge >= 0.3 is 5.69 Å². The van der Waals surface area contributed by atoms with Crippen molar-refractivity contribution in [2.24, 2.45) is 0 Å². The molecule has 3 aromatic rings. The van der Waals surface area contributed by atoms with Crippen LogP contribution in [0.1, 0.15) is 28.5 Å². The number of anilines is 1. The fourth-order valence-corrected chi connectivity index (χ4v) is 2.94. The van der Waals surface area contributed by atoms with Crippen LogP contribution in [0.4, 0.5) is 17.1 Å². The summed E-state index contributed by atoms with van der Waals surface area (Å²) in [5.41, 5.74) is 0.798. The molecule has 0 aliphatic carbocycles. The molecule has 11 heteroatoms. The van der Waals surface area contributed by atoms with Gasteiger partial charge in [0.2, 0.25) is 5.69 Å². The molecular weight excluding hydrogens is 406 g/mol. The Morgan fingerprint density at radius 1 is 1.13 bits per heavy atom. The van der Waals surface area contributed by atoms with Crippen molar-refractivity contribution in [3.8, 4) is 11.5 Å². The number of carbonyl (C=O) groups is 1. The molecule has 0 fully saturated rings. The van der Waals surface area contributed by atoms with E-state index in [4.69, 9.17) is 4.74 Å². The molecule has 0 spiro atoms. The Bertz CT molecular complexity index is 1190. The number of non-ortho nitro benzene ring substituents is 1. The first-order chi connectivity index (χ1) is 14.7. The van der Waals surface area contributed by atoms with Gasteiger partial charge in [0.1, 0.15) is 17.7 Å². The second-order valence-electron chi connectivity index (χ2n) is 6.75. The summed E-state index contributed by atoms with van der Waals surface area (Å²) in [5.74, 6) is -0.168. The molecule has 0 saturated carbocycles. The van der Waals surface area contributed by atoms with Crippen molar-refractivity contribution < 1.29 is 19.4 Å². The lowest BCUT2D eigenvalue weighted by Crippen LogP contribution is -2.18. The van der Waals surface area contributed by atoms with Gasteiger partial charge in [0.05, 0.1) is 21.6 Å². The van der Waals surface area contributed by atoms with Crippen LogP contribution in [0.15, 0.2) is 42.6 Å². The molecule has 0 saturated heterocycles. The van der Waals surface area contributed by atoms with Gasteiger partial charge in [-0.25, -0.2) is 0 Å². The van der Waals surface area contributed by atoms with Crippen molar-refractivity contribution in [1.82, 2.24) is 9.78 Å². The average Bonchev–Trinajstić information content (AvgIpc) is 3.15. The van der Waals surface area contributed by atoms with Gasteiger partial charge in [0.15, 0.2) is 0 Å². The molecule has 1 heterocycles. The number of amides is 1. The minimum Gasteiger partial charge on any atom is -0.457 e. The highest BCUT2D eigenvalue weighted by molar-refractivity contribution is 6.06. The second kappa shape index (κ2) is 8.61. The molecule has 0 atom stereocenters. The average molecular weight is 425 g/mol. The lowest BCUT2D eigenvalue weighted by atomic mass is 10.1. The largest absolute Gasteiger partial charge is 0.457 e. The zero-order chi connectivity index (χ0) is 22.7. The second-order valence-corrected chi connectivity index (χ2v) is 6.75. The first-order valence-electron chi connectivity index (χ1n) is 9.25. The molecule has 2 aromatic carbocycles. The highest BCUT2D eigenvalue weighted by atomic mass is 16.6. The van der Waals surface area contributed by atoms with Crippen molar-refractivity contribution in [3.63, 3.8) is 0 Å². The number of nitrogens with one attached hydrogen (secondary N) is 1. The van der Waals surface area contributed by atoms with Crippen molar-refractivity contribution in [2.45, 2.75) is 27.3 Å². The summed E-state index contributed by atoms with van der Waals surface area (Å²) in [5, 5.41) is 28.9. The standard InChI is InChI=1S/C20H19N5O6/c1-4-23-19(17(11-21-23)25(29)30)20(26)22-14-8-15(24(27)28)10-16(9-14)31-18-7-12(2)5-6-13(18)3/h5-11H,4H2,1-3H3,(H,22,26). The number of aromatic nitrogens is 2. The number of carbonyl (C=O) groups excluding carboxylic acids is 1. The zero-order valence-corrected chi connectivity index (χ0v) is 17.0. The molecule has 160 valence electrons.